The third kappa shape index (κ3) is 3.96. The van der Waals surface area contributed by atoms with Crippen LogP contribution < -0.4 is 24.3 Å². The first-order valence-corrected chi connectivity index (χ1v) is 11.4. The number of anilines is 1. The average molecular weight is 492 g/mol. The van der Waals surface area contributed by atoms with Crippen LogP contribution in [0.5, 0.6) is 23.0 Å². The normalized spacial score (nSPS) is 17.7. The Morgan fingerprint density at radius 1 is 0.889 bits per heavy atom. The quantitative estimate of drug-likeness (QED) is 0.523. The largest absolute Gasteiger partial charge is 0.493 e. The molecule has 1 heterocycles. The summed E-state index contributed by atoms with van der Waals surface area (Å²) in [6.07, 6.45) is 0.661. The summed E-state index contributed by atoms with van der Waals surface area (Å²) in [5.74, 6) is 1.90. The highest BCUT2D eigenvalue weighted by atomic mass is 19.1. The third-order valence-electron chi connectivity index (χ3n) is 6.59. The van der Waals surface area contributed by atoms with Crippen molar-refractivity contribution >= 4 is 17.4 Å². The molecule has 8 nitrogen and oxygen atoms in total. The lowest BCUT2D eigenvalue weighted by Crippen LogP contribution is -2.34. The number of carbonyl (C=O) groups excluding carboxylic acids is 1. The molecule has 0 aromatic heterocycles. The van der Waals surface area contributed by atoms with Gasteiger partial charge in [-0.05, 0) is 66.1 Å². The number of ether oxygens (including phenoxy) is 4. The molecule has 3 aromatic carbocycles. The van der Waals surface area contributed by atoms with Crippen molar-refractivity contribution in [1.82, 2.24) is 5.01 Å². The zero-order valence-electron chi connectivity index (χ0n) is 20.4. The van der Waals surface area contributed by atoms with Crippen LogP contribution in [0.2, 0.25) is 0 Å². The Balaban J connectivity index is 1.57. The minimum Gasteiger partial charge on any atom is -0.493 e. The fraction of sp³-hybridized carbons (Fsp3) is 0.259. The number of fused-ring (bicyclic) bond motifs is 3. The molecule has 1 N–H and O–H groups in total. The van der Waals surface area contributed by atoms with Gasteiger partial charge in [-0.3, -0.25) is 0 Å². The third-order valence-corrected chi connectivity index (χ3v) is 6.59. The molecule has 0 saturated carbocycles. The van der Waals surface area contributed by atoms with E-state index in [4.69, 9.17) is 24.0 Å². The smallest absolute Gasteiger partial charge is 0.342 e. The molecule has 1 aliphatic heterocycles. The summed E-state index contributed by atoms with van der Waals surface area (Å²) < 4.78 is 35.3. The lowest BCUT2D eigenvalue weighted by Gasteiger charge is -2.27. The van der Waals surface area contributed by atoms with Crippen LogP contribution in [-0.4, -0.2) is 45.2 Å². The summed E-state index contributed by atoms with van der Waals surface area (Å²) in [4.78, 5) is 13.4. The van der Waals surface area contributed by atoms with E-state index in [9.17, 15) is 9.18 Å². The van der Waals surface area contributed by atoms with Crippen molar-refractivity contribution in [2.45, 2.75) is 12.5 Å². The van der Waals surface area contributed by atoms with Crippen molar-refractivity contribution in [1.29, 1.82) is 0 Å². The monoisotopic (exact) mass is 491 g/mol. The van der Waals surface area contributed by atoms with Crippen LogP contribution in [0.15, 0.2) is 59.7 Å². The maximum Gasteiger partial charge on any atom is 0.342 e. The number of amides is 2. The number of methoxy groups -OCH3 is 4. The highest BCUT2D eigenvalue weighted by molar-refractivity contribution is 6.09. The van der Waals surface area contributed by atoms with Crippen LogP contribution in [0.3, 0.4) is 0 Å². The number of benzene rings is 3. The van der Waals surface area contributed by atoms with Crippen LogP contribution in [-0.2, 0) is 6.42 Å². The number of halogens is 1. The SMILES string of the molecule is COc1ccc(C2C3Cc4cc(OC)c(OC)cc4C3=NN2C(=O)Nc2ccc(F)cc2)cc1OC. The Kier molecular flexibility index (Phi) is 6.13. The molecule has 2 aliphatic rings. The van der Waals surface area contributed by atoms with E-state index in [-0.39, 0.29) is 11.7 Å². The van der Waals surface area contributed by atoms with Crippen molar-refractivity contribution in [3.63, 3.8) is 0 Å². The first-order valence-electron chi connectivity index (χ1n) is 11.4. The summed E-state index contributed by atoms with van der Waals surface area (Å²) in [6, 6.07) is 14.2. The number of carbonyl (C=O) groups is 1. The van der Waals surface area contributed by atoms with E-state index in [2.05, 4.69) is 5.32 Å². The highest BCUT2D eigenvalue weighted by Gasteiger charge is 2.46. The van der Waals surface area contributed by atoms with Gasteiger partial charge in [-0.1, -0.05) is 6.07 Å². The molecule has 36 heavy (non-hydrogen) atoms. The van der Waals surface area contributed by atoms with Crippen LogP contribution in [0, 0.1) is 11.7 Å². The summed E-state index contributed by atoms with van der Waals surface area (Å²) in [7, 11) is 6.33. The molecule has 0 saturated heterocycles. The molecule has 9 heteroatoms. The van der Waals surface area contributed by atoms with E-state index >= 15 is 0 Å². The molecule has 0 fully saturated rings. The molecule has 2 unspecified atom stereocenters. The zero-order chi connectivity index (χ0) is 25.4. The molecule has 0 spiro atoms. The van der Waals surface area contributed by atoms with E-state index in [0.29, 0.717) is 35.1 Å². The summed E-state index contributed by atoms with van der Waals surface area (Å²) in [5, 5.41) is 9.06. The second-order valence-corrected chi connectivity index (χ2v) is 8.50. The van der Waals surface area contributed by atoms with Gasteiger partial charge < -0.3 is 24.3 Å². The highest BCUT2D eigenvalue weighted by Crippen LogP contribution is 2.48. The zero-order valence-corrected chi connectivity index (χ0v) is 20.4. The molecule has 2 atom stereocenters. The van der Waals surface area contributed by atoms with Gasteiger partial charge in [-0.2, -0.15) is 5.10 Å². The van der Waals surface area contributed by atoms with Gasteiger partial charge >= 0.3 is 6.03 Å². The van der Waals surface area contributed by atoms with Crippen molar-refractivity contribution in [3.05, 3.63) is 77.1 Å². The second kappa shape index (κ2) is 9.41. The Labute approximate surface area is 208 Å². The van der Waals surface area contributed by atoms with Gasteiger partial charge in [-0.15, -0.1) is 0 Å². The summed E-state index contributed by atoms with van der Waals surface area (Å²) in [6.45, 7) is 0. The maximum absolute atomic E-state index is 13.4. The molecule has 3 aromatic rings. The molecule has 2 amide bonds. The minimum atomic E-state index is -0.426. The lowest BCUT2D eigenvalue weighted by molar-refractivity contribution is 0.189. The van der Waals surface area contributed by atoms with Crippen molar-refractivity contribution < 1.29 is 28.1 Å². The van der Waals surface area contributed by atoms with Gasteiger partial charge in [-0.25, -0.2) is 14.2 Å². The number of hydrogen-bond acceptors (Lipinski definition) is 6. The van der Waals surface area contributed by atoms with Crippen LogP contribution in [0.25, 0.3) is 0 Å². The Bertz CT molecular complexity index is 1340. The van der Waals surface area contributed by atoms with Crippen molar-refractivity contribution in [2.75, 3.05) is 33.8 Å². The molecular formula is C27H26FN3O5. The number of hydrazone groups is 1. The van der Waals surface area contributed by atoms with Gasteiger partial charge in [0.1, 0.15) is 5.82 Å². The Morgan fingerprint density at radius 2 is 1.53 bits per heavy atom. The second-order valence-electron chi connectivity index (χ2n) is 8.50. The van der Waals surface area contributed by atoms with Gasteiger partial charge in [0.05, 0.1) is 40.2 Å². The summed E-state index contributed by atoms with van der Waals surface area (Å²) >= 11 is 0. The fourth-order valence-corrected chi connectivity index (χ4v) is 4.90. The van der Waals surface area contributed by atoms with E-state index in [1.54, 1.807) is 28.4 Å². The van der Waals surface area contributed by atoms with E-state index in [1.807, 2.05) is 30.3 Å². The van der Waals surface area contributed by atoms with E-state index in [0.717, 1.165) is 22.4 Å². The topological polar surface area (TPSA) is 81.6 Å². The van der Waals surface area contributed by atoms with Crippen LogP contribution >= 0.6 is 0 Å². The molecular weight excluding hydrogens is 465 g/mol. The van der Waals surface area contributed by atoms with Crippen molar-refractivity contribution in [3.8, 4) is 23.0 Å². The number of rotatable bonds is 6. The number of hydrogen-bond donors (Lipinski definition) is 1. The van der Waals surface area contributed by atoms with Gasteiger partial charge in [0.2, 0.25) is 0 Å². The summed E-state index contributed by atoms with van der Waals surface area (Å²) in [5.41, 5.74) is 4.09. The van der Waals surface area contributed by atoms with Crippen LogP contribution in [0.1, 0.15) is 22.7 Å². The van der Waals surface area contributed by atoms with Gasteiger partial charge in [0, 0.05) is 17.2 Å². The van der Waals surface area contributed by atoms with Crippen LogP contribution in [0.4, 0.5) is 14.9 Å². The molecule has 186 valence electrons. The minimum absolute atomic E-state index is 0.103. The predicted molar refractivity (Wildman–Crippen MR) is 133 cm³/mol. The Hall–Kier alpha value is -4.27. The number of urea groups is 1. The molecule has 0 bridgehead atoms. The van der Waals surface area contributed by atoms with E-state index in [1.165, 1.54) is 29.3 Å². The van der Waals surface area contributed by atoms with Gasteiger partial charge in [0.25, 0.3) is 0 Å². The number of nitrogens with zero attached hydrogens (tertiary/aromatic N) is 2. The fourth-order valence-electron chi connectivity index (χ4n) is 4.90. The maximum atomic E-state index is 13.4. The predicted octanol–water partition coefficient (Wildman–Crippen LogP) is 5.03. The molecule has 0 radical (unpaired) electrons. The lowest BCUT2D eigenvalue weighted by atomic mass is 9.90. The van der Waals surface area contributed by atoms with E-state index < -0.39 is 12.1 Å². The Morgan fingerprint density at radius 3 is 2.19 bits per heavy atom. The average Bonchev–Trinajstić information content (AvgIpc) is 3.44. The molecule has 5 rings (SSSR count). The first kappa shape index (κ1) is 23.5. The number of nitrogens with one attached hydrogen (secondary N) is 1. The van der Waals surface area contributed by atoms with Crippen molar-refractivity contribution in [2.24, 2.45) is 11.0 Å². The van der Waals surface area contributed by atoms with Gasteiger partial charge in [0.15, 0.2) is 23.0 Å². The first-order chi connectivity index (χ1) is 17.5. The standard InChI is InChI=1S/C27H26FN3O5/c1-33-21-10-5-15(12-22(21)34-2)26-20-11-16-13-23(35-3)24(36-4)14-19(16)25(20)30-31(26)27(32)29-18-8-6-17(28)7-9-18/h5-10,12-14,20,26H,11H2,1-4H3,(H,29,32). The molecule has 1 aliphatic carbocycles.